The van der Waals surface area contributed by atoms with E-state index in [1.807, 2.05) is 48.5 Å². The fourth-order valence-electron chi connectivity index (χ4n) is 3.73. The van der Waals surface area contributed by atoms with Crippen molar-refractivity contribution in [2.45, 2.75) is 38.6 Å². The Morgan fingerprint density at radius 3 is 2.50 bits per heavy atom. The van der Waals surface area contributed by atoms with Crippen molar-refractivity contribution in [1.82, 2.24) is 15.0 Å². The Morgan fingerprint density at radius 2 is 1.84 bits per heavy atom. The molecule has 1 aromatic heterocycles. The molecule has 0 aliphatic carbocycles. The number of carboxylic acid groups (broad SMARTS) is 1. The maximum absolute atomic E-state index is 11.6. The summed E-state index contributed by atoms with van der Waals surface area (Å²) in [4.78, 5) is 17.3. The zero-order valence-electron chi connectivity index (χ0n) is 18.1. The summed E-state index contributed by atoms with van der Waals surface area (Å²) in [6.07, 6.45) is -0.418. The fourth-order valence-corrected chi connectivity index (χ4v) is 3.73. The molecule has 1 N–H and O–H groups in total. The van der Waals surface area contributed by atoms with Gasteiger partial charge in [0.15, 0.2) is 6.61 Å². The van der Waals surface area contributed by atoms with E-state index in [4.69, 9.17) is 18.7 Å². The highest BCUT2D eigenvalue weighted by atomic mass is 16.5. The predicted molar refractivity (Wildman–Crippen MR) is 114 cm³/mol. The minimum absolute atomic E-state index is 0.163. The molecule has 32 heavy (non-hydrogen) atoms. The topological polar surface area (TPSA) is 107 Å². The molecular formula is C23H25N3O6. The van der Waals surface area contributed by atoms with Gasteiger partial charge in [-0.2, -0.15) is 4.98 Å². The Morgan fingerprint density at radius 1 is 1.16 bits per heavy atom. The number of ether oxygens (including phenoxy) is 3. The predicted octanol–water partition coefficient (Wildman–Crippen LogP) is 3.98. The van der Waals surface area contributed by atoms with Crippen LogP contribution in [0, 0.1) is 0 Å². The number of rotatable bonds is 7. The summed E-state index contributed by atoms with van der Waals surface area (Å²) in [7, 11) is 1.61. The van der Waals surface area contributed by atoms with E-state index in [1.165, 1.54) is 4.90 Å². The third kappa shape index (κ3) is 4.67. The van der Waals surface area contributed by atoms with Crippen LogP contribution in [0.4, 0.5) is 4.79 Å². The molecule has 1 aliphatic rings. The summed E-state index contributed by atoms with van der Waals surface area (Å²) in [6, 6.07) is 14.6. The van der Waals surface area contributed by atoms with Gasteiger partial charge in [-0.1, -0.05) is 17.3 Å². The third-order valence-corrected chi connectivity index (χ3v) is 5.35. The summed E-state index contributed by atoms with van der Waals surface area (Å²) in [6.45, 7) is 4.05. The highest BCUT2D eigenvalue weighted by Crippen LogP contribution is 2.29. The summed E-state index contributed by atoms with van der Waals surface area (Å²) in [5.74, 6) is 2.25. The Labute approximate surface area is 185 Å². The van der Waals surface area contributed by atoms with E-state index in [1.54, 1.807) is 21.0 Å². The molecule has 2 aromatic carbocycles. The highest BCUT2D eigenvalue weighted by Gasteiger charge is 2.43. The van der Waals surface area contributed by atoms with Crippen molar-refractivity contribution in [3.8, 4) is 23.0 Å². The molecule has 168 valence electrons. The lowest BCUT2D eigenvalue weighted by atomic mass is 10.0. The van der Waals surface area contributed by atoms with Gasteiger partial charge in [-0.05, 0) is 62.2 Å². The molecule has 0 spiro atoms. The zero-order valence-corrected chi connectivity index (χ0v) is 18.1. The average Bonchev–Trinajstić information content (AvgIpc) is 3.37. The Bertz CT molecular complexity index is 1060. The van der Waals surface area contributed by atoms with Crippen LogP contribution in [0.2, 0.25) is 0 Å². The number of aromatic nitrogens is 2. The van der Waals surface area contributed by atoms with Gasteiger partial charge in [0.1, 0.15) is 17.2 Å². The summed E-state index contributed by atoms with van der Waals surface area (Å²) >= 11 is 0. The van der Waals surface area contributed by atoms with Crippen LogP contribution >= 0.6 is 0 Å². The number of nitrogens with zero attached hydrogens (tertiary/aromatic N) is 3. The first-order valence-corrected chi connectivity index (χ1v) is 10.2. The largest absolute Gasteiger partial charge is 0.497 e. The van der Waals surface area contributed by atoms with Gasteiger partial charge >= 0.3 is 6.09 Å². The molecule has 1 aliphatic heterocycles. The quantitative estimate of drug-likeness (QED) is 0.589. The molecule has 3 aromatic rings. The maximum atomic E-state index is 11.6. The molecule has 9 nitrogen and oxygen atoms in total. The number of benzene rings is 2. The normalized spacial score (nSPS) is 17.3. The third-order valence-electron chi connectivity index (χ3n) is 5.35. The second-order valence-corrected chi connectivity index (χ2v) is 7.95. The Kier molecular flexibility index (Phi) is 6.00. The standard InChI is InChI=1S/C23H25N3O6/c1-23(2)26(22(27)28)17(13-31-23)12-15-4-8-19(9-5-15)30-14-20-24-21(32-25-20)16-6-10-18(29-3)11-7-16/h4-11,17H,12-14H2,1-3H3,(H,27,28). The van der Waals surface area contributed by atoms with Gasteiger partial charge < -0.3 is 23.8 Å². The molecule has 0 radical (unpaired) electrons. The molecule has 0 bridgehead atoms. The highest BCUT2D eigenvalue weighted by molar-refractivity contribution is 5.66. The van der Waals surface area contributed by atoms with Crippen molar-refractivity contribution in [2.24, 2.45) is 0 Å². The van der Waals surface area contributed by atoms with Crippen LogP contribution in [-0.2, 0) is 17.8 Å². The fraction of sp³-hybridized carbons (Fsp3) is 0.348. The lowest BCUT2D eigenvalue weighted by Gasteiger charge is -2.31. The van der Waals surface area contributed by atoms with E-state index in [0.717, 1.165) is 16.9 Å². The molecule has 0 saturated carbocycles. The number of amides is 1. The minimum Gasteiger partial charge on any atom is -0.497 e. The molecule has 9 heteroatoms. The molecule has 1 unspecified atom stereocenters. The van der Waals surface area contributed by atoms with E-state index in [2.05, 4.69) is 10.1 Å². The van der Waals surface area contributed by atoms with Crippen LogP contribution in [0.15, 0.2) is 53.1 Å². The van der Waals surface area contributed by atoms with Crippen LogP contribution in [0.5, 0.6) is 11.5 Å². The molecule has 2 heterocycles. The van der Waals surface area contributed by atoms with Gasteiger partial charge in [0.05, 0.1) is 19.8 Å². The number of hydrogen-bond acceptors (Lipinski definition) is 7. The van der Waals surface area contributed by atoms with E-state index < -0.39 is 11.8 Å². The Hall–Kier alpha value is -3.59. The Balaban J connectivity index is 1.33. The van der Waals surface area contributed by atoms with E-state index in [9.17, 15) is 9.90 Å². The first kappa shape index (κ1) is 21.6. The molecule has 1 saturated heterocycles. The van der Waals surface area contributed by atoms with E-state index in [-0.39, 0.29) is 12.6 Å². The van der Waals surface area contributed by atoms with Crippen LogP contribution in [0.1, 0.15) is 25.2 Å². The van der Waals surface area contributed by atoms with Crippen LogP contribution in [0.3, 0.4) is 0 Å². The minimum atomic E-state index is -0.980. The molecule has 1 amide bonds. The summed E-state index contributed by atoms with van der Waals surface area (Å²) < 4.78 is 21.9. The van der Waals surface area contributed by atoms with Gasteiger partial charge in [0.2, 0.25) is 5.82 Å². The molecule has 1 atom stereocenters. The monoisotopic (exact) mass is 439 g/mol. The van der Waals surface area contributed by atoms with Crippen molar-refractivity contribution >= 4 is 6.09 Å². The lowest BCUT2D eigenvalue weighted by molar-refractivity contribution is -0.0419. The molecule has 4 rings (SSSR count). The van der Waals surface area contributed by atoms with E-state index >= 15 is 0 Å². The van der Waals surface area contributed by atoms with Crippen LogP contribution in [-0.4, -0.2) is 51.7 Å². The van der Waals surface area contributed by atoms with Crippen LogP contribution < -0.4 is 9.47 Å². The summed E-state index contributed by atoms with van der Waals surface area (Å²) in [5.41, 5.74) is 0.967. The van der Waals surface area contributed by atoms with Crippen molar-refractivity contribution in [2.75, 3.05) is 13.7 Å². The van der Waals surface area contributed by atoms with Crippen molar-refractivity contribution in [3.63, 3.8) is 0 Å². The van der Waals surface area contributed by atoms with Gasteiger partial charge in [0, 0.05) is 5.56 Å². The van der Waals surface area contributed by atoms with Crippen molar-refractivity contribution < 1.29 is 28.6 Å². The van der Waals surface area contributed by atoms with Gasteiger partial charge in [-0.15, -0.1) is 0 Å². The first-order valence-electron chi connectivity index (χ1n) is 10.2. The summed E-state index contributed by atoms with van der Waals surface area (Å²) in [5, 5.41) is 13.5. The van der Waals surface area contributed by atoms with Crippen molar-refractivity contribution in [1.29, 1.82) is 0 Å². The maximum Gasteiger partial charge on any atom is 0.409 e. The average molecular weight is 439 g/mol. The van der Waals surface area contributed by atoms with Crippen molar-refractivity contribution in [3.05, 3.63) is 59.9 Å². The smallest absolute Gasteiger partial charge is 0.409 e. The van der Waals surface area contributed by atoms with Gasteiger partial charge in [-0.25, -0.2) is 4.79 Å². The van der Waals surface area contributed by atoms with E-state index in [0.29, 0.717) is 30.5 Å². The second-order valence-electron chi connectivity index (χ2n) is 7.95. The van der Waals surface area contributed by atoms with Gasteiger partial charge in [-0.3, -0.25) is 4.90 Å². The lowest BCUT2D eigenvalue weighted by Crippen LogP contribution is -2.47. The first-order chi connectivity index (χ1) is 15.4. The second kappa shape index (κ2) is 8.88. The number of hydrogen-bond donors (Lipinski definition) is 1. The van der Waals surface area contributed by atoms with Gasteiger partial charge in [0.25, 0.3) is 5.89 Å². The SMILES string of the molecule is COc1ccc(-c2nc(COc3ccc(CC4COC(C)(C)N4C(=O)O)cc3)no2)cc1. The molecule has 1 fully saturated rings. The number of methoxy groups -OCH3 is 1. The zero-order chi connectivity index (χ0) is 22.7. The molecular weight excluding hydrogens is 414 g/mol. The number of carbonyl (C=O) groups is 1. The van der Waals surface area contributed by atoms with Crippen LogP contribution in [0.25, 0.3) is 11.5 Å².